The van der Waals surface area contributed by atoms with E-state index in [0.717, 1.165) is 6.54 Å². The van der Waals surface area contributed by atoms with Gasteiger partial charge in [0, 0.05) is 24.2 Å². The molecule has 0 unspecified atom stereocenters. The maximum Gasteiger partial charge on any atom is 0.0661 e. The molecule has 0 spiro atoms. The Bertz CT molecular complexity index is 222. The number of rotatable bonds is 0. The second-order valence-corrected chi connectivity index (χ2v) is 1.91. The van der Waals surface area contributed by atoms with Crippen LogP contribution in [-0.4, -0.2) is 11.2 Å². The summed E-state index contributed by atoms with van der Waals surface area (Å²) in [5, 5.41) is 0. The summed E-state index contributed by atoms with van der Waals surface area (Å²) in [5.74, 6) is 0. The van der Waals surface area contributed by atoms with E-state index in [1.165, 1.54) is 11.1 Å². The highest BCUT2D eigenvalue weighted by Crippen LogP contribution is 2.11. The number of H-pyrrole nitrogens is 1. The van der Waals surface area contributed by atoms with Gasteiger partial charge < -0.3 is 4.98 Å². The van der Waals surface area contributed by atoms with Gasteiger partial charge in [-0.2, -0.15) is 0 Å². The van der Waals surface area contributed by atoms with Crippen LogP contribution in [0, 0.1) is 0 Å². The Hall–Kier alpha value is -1.05. The molecule has 1 aromatic rings. The highest BCUT2D eigenvalue weighted by molar-refractivity contribution is 5.83. The maximum absolute atomic E-state index is 4.07. The molecule has 1 aliphatic rings. The minimum absolute atomic E-state index is 0.860. The summed E-state index contributed by atoms with van der Waals surface area (Å²) < 4.78 is 0. The summed E-state index contributed by atoms with van der Waals surface area (Å²) in [6.45, 7) is 0.860. The number of hydrogen-bond donors (Lipinski definition) is 1. The minimum atomic E-state index is 0.860. The van der Waals surface area contributed by atoms with Crippen LogP contribution in [0.4, 0.5) is 0 Å². The summed E-state index contributed by atoms with van der Waals surface area (Å²) in [5.41, 5.74) is 2.55. The molecule has 0 atom stereocenters. The summed E-state index contributed by atoms with van der Waals surface area (Å²) in [6.07, 6.45) is 5.85. The zero-order chi connectivity index (χ0) is 5.40. The smallest absolute Gasteiger partial charge is 0.0661 e. The van der Waals surface area contributed by atoms with Crippen molar-refractivity contribution in [2.75, 3.05) is 0 Å². The molecular weight excluding hydrogens is 100 g/mol. The number of hydrogen-bond acceptors (Lipinski definition) is 1. The van der Waals surface area contributed by atoms with Gasteiger partial charge in [-0.15, -0.1) is 0 Å². The molecule has 1 aromatic heterocycles. The topological polar surface area (TPSA) is 28.1 Å². The second-order valence-electron chi connectivity index (χ2n) is 1.91. The summed E-state index contributed by atoms with van der Waals surface area (Å²) in [7, 11) is 0. The molecule has 0 saturated heterocycles. The zero-order valence-electron chi connectivity index (χ0n) is 4.39. The number of aromatic amines is 1. The Labute approximate surface area is 47.3 Å². The van der Waals surface area contributed by atoms with Gasteiger partial charge in [0.05, 0.1) is 6.54 Å². The lowest BCUT2D eigenvalue weighted by Crippen LogP contribution is -1.70. The van der Waals surface area contributed by atoms with Gasteiger partial charge in [0.25, 0.3) is 0 Å². The van der Waals surface area contributed by atoms with Gasteiger partial charge in [0.15, 0.2) is 0 Å². The molecule has 0 radical (unpaired) electrons. The highest BCUT2D eigenvalue weighted by atomic mass is 14.8. The molecule has 1 aliphatic heterocycles. The summed E-state index contributed by atoms with van der Waals surface area (Å²) in [4.78, 5) is 7.08. The Morgan fingerprint density at radius 3 is 3.38 bits per heavy atom. The van der Waals surface area contributed by atoms with Gasteiger partial charge in [-0.05, 0) is 5.56 Å². The molecule has 8 heavy (non-hydrogen) atoms. The predicted molar refractivity (Wildman–Crippen MR) is 32.1 cm³/mol. The molecule has 0 saturated carbocycles. The fourth-order valence-corrected chi connectivity index (χ4v) is 0.908. The highest BCUT2D eigenvalue weighted by Gasteiger charge is 2.03. The van der Waals surface area contributed by atoms with Gasteiger partial charge in [-0.1, -0.05) is 0 Å². The van der Waals surface area contributed by atoms with E-state index in [4.69, 9.17) is 0 Å². The Morgan fingerprint density at radius 2 is 2.50 bits per heavy atom. The monoisotopic (exact) mass is 106 g/mol. The number of aromatic nitrogens is 1. The first kappa shape index (κ1) is 3.89. The van der Waals surface area contributed by atoms with Gasteiger partial charge in [-0.3, -0.25) is 4.99 Å². The largest absolute Gasteiger partial charge is 0.367 e. The third kappa shape index (κ3) is 0.346. The molecule has 0 fully saturated rings. The molecule has 40 valence electrons. The Balaban J connectivity index is 2.67. The van der Waals surface area contributed by atoms with Crippen LogP contribution in [0.1, 0.15) is 11.1 Å². The normalized spacial score (nSPS) is 14.5. The fourth-order valence-electron chi connectivity index (χ4n) is 0.908. The molecule has 0 amide bonds. The van der Waals surface area contributed by atoms with E-state index in [1.807, 2.05) is 18.6 Å². The molecule has 0 aromatic carbocycles. The van der Waals surface area contributed by atoms with Crippen LogP contribution in [0.5, 0.6) is 0 Å². The molecule has 2 rings (SSSR count). The molecular formula is C6H6N2. The van der Waals surface area contributed by atoms with Crippen molar-refractivity contribution in [3.63, 3.8) is 0 Å². The van der Waals surface area contributed by atoms with Crippen molar-refractivity contribution in [2.45, 2.75) is 6.54 Å². The first-order chi connectivity index (χ1) is 3.97. The first-order valence-corrected chi connectivity index (χ1v) is 2.62. The molecule has 1 N–H and O–H groups in total. The van der Waals surface area contributed by atoms with Crippen molar-refractivity contribution in [2.24, 2.45) is 4.99 Å². The van der Waals surface area contributed by atoms with Crippen LogP contribution >= 0.6 is 0 Å². The van der Waals surface area contributed by atoms with Crippen LogP contribution < -0.4 is 0 Å². The van der Waals surface area contributed by atoms with Crippen molar-refractivity contribution < 1.29 is 0 Å². The quantitative estimate of drug-likeness (QED) is 0.510. The molecule has 0 bridgehead atoms. The first-order valence-electron chi connectivity index (χ1n) is 2.62. The van der Waals surface area contributed by atoms with Crippen LogP contribution in [-0.2, 0) is 6.54 Å². The number of fused-ring (bicyclic) bond motifs is 1. The fraction of sp³-hybridized carbons (Fsp3) is 0.167. The third-order valence-electron chi connectivity index (χ3n) is 1.36. The Kier molecular flexibility index (Phi) is 0.592. The summed E-state index contributed by atoms with van der Waals surface area (Å²) in [6, 6.07) is 0. The van der Waals surface area contributed by atoms with Crippen LogP contribution in [0.15, 0.2) is 17.4 Å². The number of nitrogens with one attached hydrogen (secondary N) is 1. The van der Waals surface area contributed by atoms with Gasteiger partial charge in [0.2, 0.25) is 0 Å². The van der Waals surface area contributed by atoms with E-state index in [0.29, 0.717) is 0 Å². The Morgan fingerprint density at radius 1 is 1.50 bits per heavy atom. The average molecular weight is 106 g/mol. The van der Waals surface area contributed by atoms with Gasteiger partial charge in [-0.25, -0.2) is 0 Å². The van der Waals surface area contributed by atoms with Crippen molar-refractivity contribution in [1.82, 2.24) is 4.98 Å². The van der Waals surface area contributed by atoms with E-state index >= 15 is 0 Å². The van der Waals surface area contributed by atoms with E-state index in [2.05, 4.69) is 9.98 Å². The third-order valence-corrected chi connectivity index (χ3v) is 1.36. The number of aliphatic imine (C=N–C) groups is 1. The second kappa shape index (κ2) is 1.22. The van der Waals surface area contributed by atoms with Gasteiger partial charge in [0.1, 0.15) is 0 Å². The zero-order valence-corrected chi connectivity index (χ0v) is 4.39. The van der Waals surface area contributed by atoms with E-state index in [1.54, 1.807) is 0 Å². The molecule has 2 heteroatoms. The van der Waals surface area contributed by atoms with Crippen LogP contribution in [0.2, 0.25) is 0 Å². The molecule has 2 nitrogen and oxygen atoms in total. The predicted octanol–water partition coefficient (Wildman–Crippen LogP) is 0.947. The maximum atomic E-state index is 4.07. The molecule has 2 heterocycles. The SMILES string of the molecule is C1=NCc2c[nH]cc21. The van der Waals surface area contributed by atoms with E-state index in [9.17, 15) is 0 Å². The lowest BCUT2D eigenvalue weighted by Gasteiger charge is -1.77. The lowest BCUT2D eigenvalue weighted by atomic mass is 10.2. The van der Waals surface area contributed by atoms with Crippen molar-refractivity contribution >= 4 is 6.21 Å². The summed E-state index contributed by atoms with van der Waals surface area (Å²) >= 11 is 0. The van der Waals surface area contributed by atoms with Crippen molar-refractivity contribution in [3.05, 3.63) is 23.5 Å². The number of nitrogens with zero attached hydrogens (tertiary/aromatic N) is 1. The lowest BCUT2D eigenvalue weighted by molar-refractivity contribution is 1.11. The van der Waals surface area contributed by atoms with Crippen molar-refractivity contribution in [3.8, 4) is 0 Å². The van der Waals surface area contributed by atoms with Crippen molar-refractivity contribution in [1.29, 1.82) is 0 Å². The van der Waals surface area contributed by atoms with Crippen LogP contribution in [0.25, 0.3) is 0 Å². The van der Waals surface area contributed by atoms with E-state index in [-0.39, 0.29) is 0 Å². The van der Waals surface area contributed by atoms with Gasteiger partial charge >= 0.3 is 0 Å². The standard InChI is InChI=1S/C6H6N2/c1-5-2-8-4-6(5)3-7-1/h1-3,7H,4H2. The average Bonchev–Trinajstić information content (AvgIpc) is 2.15. The van der Waals surface area contributed by atoms with E-state index < -0.39 is 0 Å². The van der Waals surface area contributed by atoms with Crippen LogP contribution in [0.3, 0.4) is 0 Å². The minimum Gasteiger partial charge on any atom is -0.367 e. The molecule has 0 aliphatic carbocycles.